The van der Waals surface area contributed by atoms with Crippen LogP contribution in [0.5, 0.6) is 0 Å². The lowest BCUT2D eigenvalue weighted by molar-refractivity contribution is -0.211. The topological polar surface area (TPSA) is 67.9 Å². The highest BCUT2D eigenvalue weighted by Gasteiger charge is 2.63. The molecule has 3 aromatic carbocycles. The molecule has 0 aliphatic carbocycles. The van der Waals surface area contributed by atoms with Crippen LogP contribution in [0, 0.1) is 0 Å². The Morgan fingerprint density at radius 1 is 0.974 bits per heavy atom. The van der Waals surface area contributed by atoms with E-state index < -0.39 is 40.1 Å². The summed E-state index contributed by atoms with van der Waals surface area (Å²) in [6.45, 7) is 4.73. The van der Waals surface area contributed by atoms with E-state index in [9.17, 15) is 22.8 Å². The van der Waals surface area contributed by atoms with E-state index in [4.69, 9.17) is 9.47 Å². The maximum atomic E-state index is 14.8. The van der Waals surface area contributed by atoms with Crippen LogP contribution in [0.15, 0.2) is 84.9 Å². The molecular formula is C30H31F3N2O4. The van der Waals surface area contributed by atoms with E-state index in [1.165, 1.54) is 38.0 Å². The molecule has 0 radical (unpaired) electrons. The van der Waals surface area contributed by atoms with Gasteiger partial charge in [-0.1, -0.05) is 66.7 Å². The summed E-state index contributed by atoms with van der Waals surface area (Å²) in [7, 11) is 1.53. The molecule has 0 aromatic heterocycles. The number of anilines is 1. The zero-order valence-electron chi connectivity index (χ0n) is 22.2. The summed E-state index contributed by atoms with van der Waals surface area (Å²) in [5.41, 5.74) is -3.69. The van der Waals surface area contributed by atoms with Gasteiger partial charge >= 0.3 is 6.18 Å². The van der Waals surface area contributed by atoms with Crippen molar-refractivity contribution in [3.63, 3.8) is 0 Å². The van der Waals surface area contributed by atoms with Crippen LogP contribution in [0.4, 0.5) is 18.9 Å². The van der Waals surface area contributed by atoms with Crippen LogP contribution in [0.25, 0.3) is 0 Å². The van der Waals surface area contributed by atoms with Crippen molar-refractivity contribution in [1.82, 2.24) is 4.90 Å². The first kappa shape index (κ1) is 28.3. The number of nitrogens with zero attached hydrogens (tertiary/aromatic N) is 1. The lowest BCUT2D eigenvalue weighted by atomic mass is 9.61. The Morgan fingerprint density at radius 3 is 2.05 bits per heavy atom. The fraction of sp³-hybridized carbons (Fsp3) is 0.333. The fourth-order valence-electron chi connectivity index (χ4n) is 5.22. The second-order valence-electron chi connectivity index (χ2n) is 10.2. The first-order valence-corrected chi connectivity index (χ1v) is 12.4. The molecule has 1 saturated heterocycles. The summed E-state index contributed by atoms with van der Waals surface area (Å²) < 4.78 is 51.7. The van der Waals surface area contributed by atoms with Crippen molar-refractivity contribution in [2.75, 3.05) is 25.8 Å². The molecule has 0 spiro atoms. The predicted octanol–water partition coefficient (Wildman–Crippen LogP) is 5.63. The normalized spacial score (nSPS) is 19.6. The van der Waals surface area contributed by atoms with Gasteiger partial charge < -0.3 is 19.7 Å². The van der Waals surface area contributed by atoms with Gasteiger partial charge in [-0.15, -0.1) is 0 Å². The number of nitrogens with one attached hydrogen (secondary N) is 1. The monoisotopic (exact) mass is 540 g/mol. The number of benzene rings is 3. The molecule has 3 aromatic rings. The standard InChI is InChI=1S/C30H31F3N2O4/c1-27(2,25(36)34-24-17-11-16-23(18-24)30(31,32)33)35-20-39-28(3,19-38-4)29(26(35)37,21-12-7-5-8-13-21)22-14-9-6-10-15-22/h5-18H,19-20H2,1-4H3,(H,34,36). The maximum Gasteiger partial charge on any atom is 0.416 e. The number of hydrogen-bond acceptors (Lipinski definition) is 4. The quantitative estimate of drug-likeness (QED) is 0.422. The molecule has 1 atom stereocenters. The molecule has 2 amide bonds. The van der Waals surface area contributed by atoms with Gasteiger partial charge in [0.1, 0.15) is 23.3 Å². The highest BCUT2D eigenvalue weighted by Crippen LogP contribution is 2.49. The van der Waals surface area contributed by atoms with Crippen LogP contribution >= 0.6 is 0 Å². The molecule has 9 heteroatoms. The predicted molar refractivity (Wildman–Crippen MR) is 141 cm³/mol. The molecule has 4 rings (SSSR count). The zero-order valence-corrected chi connectivity index (χ0v) is 22.2. The van der Waals surface area contributed by atoms with Crippen LogP contribution in [-0.4, -0.2) is 48.3 Å². The molecule has 1 fully saturated rings. The van der Waals surface area contributed by atoms with Gasteiger partial charge in [-0.05, 0) is 50.1 Å². The molecular weight excluding hydrogens is 509 g/mol. The third kappa shape index (κ3) is 4.92. The summed E-state index contributed by atoms with van der Waals surface area (Å²) in [6.07, 6.45) is -4.57. The van der Waals surface area contributed by atoms with Crippen LogP contribution in [0.3, 0.4) is 0 Å². The van der Waals surface area contributed by atoms with E-state index in [1.54, 1.807) is 6.92 Å². The Hall–Kier alpha value is -3.69. The third-order valence-electron chi connectivity index (χ3n) is 7.38. The minimum atomic E-state index is -4.57. The summed E-state index contributed by atoms with van der Waals surface area (Å²) >= 11 is 0. The molecule has 1 unspecified atom stereocenters. The summed E-state index contributed by atoms with van der Waals surface area (Å²) in [4.78, 5) is 29.7. The lowest BCUT2D eigenvalue weighted by Gasteiger charge is -2.56. The van der Waals surface area contributed by atoms with Crippen molar-refractivity contribution in [2.45, 2.75) is 43.5 Å². The number of amides is 2. The van der Waals surface area contributed by atoms with Crippen LogP contribution in [0.1, 0.15) is 37.5 Å². The Morgan fingerprint density at radius 2 is 1.54 bits per heavy atom. The van der Waals surface area contributed by atoms with Crippen molar-refractivity contribution in [1.29, 1.82) is 0 Å². The van der Waals surface area contributed by atoms with E-state index in [1.807, 2.05) is 60.7 Å². The van der Waals surface area contributed by atoms with E-state index in [0.29, 0.717) is 11.1 Å². The van der Waals surface area contributed by atoms with Gasteiger partial charge in [-0.2, -0.15) is 13.2 Å². The average molecular weight is 541 g/mol. The number of methoxy groups -OCH3 is 1. The molecule has 6 nitrogen and oxygen atoms in total. The van der Waals surface area contributed by atoms with E-state index in [0.717, 1.165) is 12.1 Å². The second kappa shape index (κ2) is 10.5. The van der Waals surface area contributed by atoms with Crippen molar-refractivity contribution in [3.8, 4) is 0 Å². The smallest absolute Gasteiger partial charge is 0.382 e. The first-order valence-electron chi connectivity index (χ1n) is 12.4. The highest BCUT2D eigenvalue weighted by molar-refractivity contribution is 6.03. The van der Waals surface area contributed by atoms with Crippen LogP contribution in [-0.2, 0) is 30.7 Å². The minimum absolute atomic E-state index is 0.0325. The zero-order chi connectivity index (χ0) is 28.5. The van der Waals surface area contributed by atoms with Crippen molar-refractivity contribution in [3.05, 3.63) is 102 Å². The summed E-state index contributed by atoms with van der Waals surface area (Å²) in [6, 6.07) is 22.7. The van der Waals surface area contributed by atoms with Crippen molar-refractivity contribution in [2.24, 2.45) is 0 Å². The van der Waals surface area contributed by atoms with Gasteiger partial charge in [0.05, 0.1) is 12.2 Å². The number of rotatable bonds is 7. The van der Waals surface area contributed by atoms with Gasteiger partial charge in [0, 0.05) is 12.8 Å². The first-order chi connectivity index (χ1) is 18.4. The molecule has 1 N–H and O–H groups in total. The van der Waals surface area contributed by atoms with Crippen molar-refractivity contribution < 1.29 is 32.2 Å². The second-order valence-corrected chi connectivity index (χ2v) is 10.2. The molecule has 1 aliphatic heterocycles. The van der Waals surface area contributed by atoms with E-state index >= 15 is 0 Å². The Kier molecular flexibility index (Phi) is 7.60. The number of ether oxygens (including phenoxy) is 2. The molecule has 1 heterocycles. The Balaban J connectivity index is 1.80. The van der Waals surface area contributed by atoms with Crippen LogP contribution in [0.2, 0.25) is 0 Å². The summed E-state index contributed by atoms with van der Waals surface area (Å²) in [5, 5.41) is 2.55. The molecule has 0 bridgehead atoms. The average Bonchev–Trinajstić information content (AvgIpc) is 2.90. The number of carbonyl (C=O) groups is 2. The molecule has 206 valence electrons. The van der Waals surface area contributed by atoms with Crippen LogP contribution < -0.4 is 5.32 Å². The van der Waals surface area contributed by atoms with Gasteiger partial charge in [0.2, 0.25) is 11.8 Å². The highest BCUT2D eigenvalue weighted by atomic mass is 19.4. The lowest BCUT2D eigenvalue weighted by Crippen LogP contribution is -2.72. The van der Waals surface area contributed by atoms with E-state index in [-0.39, 0.29) is 19.0 Å². The number of halogens is 3. The molecule has 0 saturated carbocycles. The largest absolute Gasteiger partial charge is 0.416 e. The van der Waals surface area contributed by atoms with Gasteiger partial charge in [-0.25, -0.2) is 0 Å². The third-order valence-corrected chi connectivity index (χ3v) is 7.38. The molecule has 39 heavy (non-hydrogen) atoms. The van der Waals surface area contributed by atoms with Gasteiger partial charge in [-0.3, -0.25) is 9.59 Å². The Labute approximate surface area is 225 Å². The number of alkyl halides is 3. The van der Waals surface area contributed by atoms with Gasteiger partial charge in [0.15, 0.2) is 0 Å². The fourth-order valence-corrected chi connectivity index (χ4v) is 5.22. The SMILES string of the molecule is COCC1(C)OCN(C(C)(C)C(=O)Nc2cccc(C(F)(F)F)c2)C(=O)C1(c1ccccc1)c1ccccc1. The number of hydrogen-bond donors (Lipinski definition) is 1. The Bertz CT molecular complexity index is 1290. The summed E-state index contributed by atoms with van der Waals surface area (Å²) in [5.74, 6) is -1.06. The van der Waals surface area contributed by atoms with Crippen molar-refractivity contribution >= 4 is 17.5 Å². The maximum absolute atomic E-state index is 14.8. The molecule has 1 aliphatic rings. The minimum Gasteiger partial charge on any atom is -0.382 e. The van der Waals surface area contributed by atoms with E-state index in [2.05, 4.69) is 5.32 Å². The van der Waals surface area contributed by atoms with Gasteiger partial charge in [0.25, 0.3) is 0 Å². The number of carbonyl (C=O) groups excluding carboxylic acids is 2.